The highest BCUT2D eigenvalue weighted by atomic mass is 31.2. The summed E-state index contributed by atoms with van der Waals surface area (Å²) >= 11 is 0. The topological polar surface area (TPSA) is 120 Å². The van der Waals surface area contributed by atoms with Gasteiger partial charge in [0.2, 0.25) is 0 Å². The van der Waals surface area contributed by atoms with Crippen LogP contribution in [0.2, 0.25) is 0 Å². The summed E-state index contributed by atoms with van der Waals surface area (Å²) in [6.45, 7) is 4.25. The number of carbonyl (C=O) groups is 2. The average Bonchev–Trinajstić information content (AvgIpc) is 3.09. The maximum Gasteiger partial charge on any atom is 0.472 e. The Morgan fingerprint density at radius 1 is 0.540 bits per heavy atom. The van der Waals surface area contributed by atoms with Crippen LogP contribution >= 0.6 is 7.82 Å². The Kier molecular flexibility index (Phi) is 37.0. The molecule has 2 unspecified atom stereocenters. The van der Waals surface area contributed by atoms with Crippen LogP contribution in [0.4, 0.5) is 0 Å². The minimum atomic E-state index is -4.34. The molecule has 0 heterocycles. The molecule has 0 rings (SSSR count). The standard InChI is InChI=1S/C40H80NO8P/c1-4-6-8-10-12-14-16-18-20-22-24-26-28-30-32-39(42)46-36-38(37-48-50(44,45)47-35-34-41-3)49-40(43)33-31-29-27-25-23-21-19-17-15-13-11-9-7-5-2/h38,41H,4-37H2,1-3H3,(H,44,45). The summed E-state index contributed by atoms with van der Waals surface area (Å²) in [5, 5.41) is 2.82. The van der Waals surface area contributed by atoms with Gasteiger partial charge in [-0.05, 0) is 19.9 Å². The van der Waals surface area contributed by atoms with Crippen molar-refractivity contribution in [2.45, 2.75) is 213 Å². The van der Waals surface area contributed by atoms with E-state index in [1.54, 1.807) is 7.05 Å². The molecule has 0 aliphatic carbocycles. The average molecular weight is 734 g/mol. The van der Waals surface area contributed by atoms with Crippen molar-refractivity contribution in [2.24, 2.45) is 0 Å². The van der Waals surface area contributed by atoms with Crippen molar-refractivity contribution < 1.29 is 37.6 Å². The molecule has 0 aliphatic heterocycles. The summed E-state index contributed by atoms with van der Waals surface area (Å²) < 4.78 is 33.1. The number of hydrogen-bond donors (Lipinski definition) is 2. The van der Waals surface area contributed by atoms with E-state index in [1.807, 2.05) is 0 Å². The minimum Gasteiger partial charge on any atom is -0.462 e. The van der Waals surface area contributed by atoms with Gasteiger partial charge in [0.05, 0.1) is 13.2 Å². The Hall–Kier alpha value is -0.990. The van der Waals surface area contributed by atoms with Crippen LogP contribution in [0.25, 0.3) is 0 Å². The highest BCUT2D eigenvalue weighted by Crippen LogP contribution is 2.43. The number of hydrogen-bond acceptors (Lipinski definition) is 8. The molecule has 0 saturated carbocycles. The van der Waals surface area contributed by atoms with Gasteiger partial charge in [0.1, 0.15) is 6.61 Å². The third kappa shape index (κ3) is 36.8. The fourth-order valence-electron chi connectivity index (χ4n) is 6.02. The van der Waals surface area contributed by atoms with Crippen molar-refractivity contribution in [3.8, 4) is 0 Å². The van der Waals surface area contributed by atoms with Gasteiger partial charge in [-0.25, -0.2) is 4.57 Å². The molecule has 2 N–H and O–H groups in total. The first kappa shape index (κ1) is 49.0. The Labute approximate surface area is 308 Å². The summed E-state index contributed by atoms with van der Waals surface area (Å²) in [7, 11) is -2.63. The monoisotopic (exact) mass is 734 g/mol. The lowest BCUT2D eigenvalue weighted by atomic mass is 10.0. The third-order valence-corrected chi connectivity index (χ3v) is 10.2. The summed E-state index contributed by atoms with van der Waals surface area (Å²) in [6.07, 6.45) is 34.2. The predicted octanol–water partition coefficient (Wildman–Crippen LogP) is 11.5. The van der Waals surface area contributed by atoms with E-state index in [-0.39, 0.29) is 25.6 Å². The zero-order valence-corrected chi connectivity index (χ0v) is 33.8. The van der Waals surface area contributed by atoms with Gasteiger partial charge in [0.15, 0.2) is 6.10 Å². The van der Waals surface area contributed by atoms with Gasteiger partial charge in [-0.2, -0.15) is 0 Å². The summed E-state index contributed by atoms with van der Waals surface area (Å²) in [5.41, 5.74) is 0. The summed E-state index contributed by atoms with van der Waals surface area (Å²) in [6, 6.07) is 0. The molecule has 0 bridgehead atoms. The Balaban J connectivity index is 4.20. The van der Waals surface area contributed by atoms with Crippen LogP contribution in [0.3, 0.4) is 0 Å². The van der Waals surface area contributed by atoms with E-state index < -0.39 is 26.5 Å². The molecule has 298 valence electrons. The van der Waals surface area contributed by atoms with Crippen LogP contribution in [0.1, 0.15) is 206 Å². The molecular formula is C40H80NO8P. The fraction of sp³-hybridized carbons (Fsp3) is 0.950. The molecule has 50 heavy (non-hydrogen) atoms. The Bertz CT molecular complexity index is 799. The molecule has 0 fully saturated rings. The maximum atomic E-state index is 12.6. The van der Waals surface area contributed by atoms with Crippen LogP contribution in [-0.2, 0) is 32.7 Å². The van der Waals surface area contributed by atoms with Crippen LogP contribution in [0.15, 0.2) is 0 Å². The summed E-state index contributed by atoms with van der Waals surface area (Å²) in [5.74, 6) is -0.793. The van der Waals surface area contributed by atoms with Crippen molar-refractivity contribution in [2.75, 3.05) is 33.4 Å². The third-order valence-electron chi connectivity index (χ3n) is 9.23. The highest BCUT2D eigenvalue weighted by molar-refractivity contribution is 7.47. The maximum absolute atomic E-state index is 12.6. The first-order chi connectivity index (χ1) is 24.3. The van der Waals surface area contributed by atoms with Gasteiger partial charge in [0, 0.05) is 19.4 Å². The van der Waals surface area contributed by atoms with Crippen molar-refractivity contribution in [3.63, 3.8) is 0 Å². The van der Waals surface area contributed by atoms with Crippen molar-refractivity contribution in [1.82, 2.24) is 5.32 Å². The zero-order valence-electron chi connectivity index (χ0n) is 32.9. The van der Waals surface area contributed by atoms with E-state index in [4.69, 9.17) is 18.5 Å². The molecule has 0 aliphatic rings. The number of phosphoric ester groups is 1. The van der Waals surface area contributed by atoms with E-state index in [0.29, 0.717) is 19.4 Å². The normalized spacial score (nSPS) is 13.3. The van der Waals surface area contributed by atoms with E-state index >= 15 is 0 Å². The number of ether oxygens (including phenoxy) is 2. The second kappa shape index (κ2) is 37.8. The van der Waals surface area contributed by atoms with Gasteiger partial charge in [0.25, 0.3) is 0 Å². The SMILES string of the molecule is CCCCCCCCCCCCCCCCC(=O)OCC(COP(=O)(O)OCCNC)OC(=O)CCCCCCCCCCCCCCCC. The molecule has 0 aromatic heterocycles. The lowest BCUT2D eigenvalue weighted by molar-refractivity contribution is -0.161. The van der Waals surface area contributed by atoms with Gasteiger partial charge in [-0.15, -0.1) is 0 Å². The molecule has 2 atom stereocenters. The second-order valence-corrected chi connectivity index (χ2v) is 15.6. The van der Waals surface area contributed by atoms with Crippen molar-refractivity contribution in [3.05, 3.63) is 0 Å². The molecular weight excluding hydrogens is 653 g/mol. The molecule has 0 aromatic rings. The van der Waals surface area contributed by atoms with E-state index in [9.17, 15) is 19.0 Å². The molecule has 9 nitrogen and oxygen atoms in total. The molecule has 0 radical (unpaired) electrons. The number of phosphoric acid groups is 1. The number of unbranched alkanes of at least 4 members (excludes halogenated alkanes) is 26. The molecule has 0 saturated heterocycles. The molecule has 0 spiro atoms. The van der Waals surface area contributed by atoms with Crippen LogP contribution in [0.5, 0.6) is 0 Å². The number of rotatable bonds is 40. The van der Waals surface area contributed by atoms with Crippen LogP contribution < -0.4 is 5.32 Å². The predicted molar refractivity (Wildman–Crippen MR) is 206 cm³/mol. The van der Waals surface area contributed by atoms with E-state index in [0.717, 1.165) is 32.1 Å². The fourth-order valence-corrected chi connectivity index (χ4v) is 6.78. The molecule has 10 heteroatoms. The molecule has 0 aromatic carbocycles. The second-order valence-electron chi connectivity index (χ2n) is 14.2. The van der Waals surface area contributed by atoms with E-state index in [2.05, 4.69) is 19.2 Å². The zero-order chi connectivity index (χ0) is 36.8. The number of nitrogens with one attached hydrogen (secondary N) is 1. The largest absolute Gasteiger partial charge is 0.472 e. The lowest BCUT2D eigenvalue weighted by Crippen LogP contribution is -2.29. The first-order valence-corrected chi connectivity index (χ1v) is 22.5. The molecule has 0 amide bonds. The van der Waals surface area contributed by atoms with Gasteiger partial charge >= 0.3 is 19.8 Å². The van der Waals surface area contributed by atoms with Gasteiger partial charge in [-0.3, -0.25) is 18.6 Å². The smallest absolute Gasteiger partial charge is 0.462 e. The van der Waals surface area contributed by atoms with Crippen molar-refractivity contribution >= 4 is 19.8 Å². The van der Waals surface area contributed by atoms with Crippen LogP contribution in [-0.4, -0.2) is 56.3 Å². The quantitative estimate of drug-likeness (QED) is 0.0360. The van der Waals surface area contributed by atoms with Crippen LogP contribution in [0, 0.1) is 0 Å². The van der Waals surface area contributed by atoms with Crippen molar-refractivity contribution in [1.29, 1.82) is 0 Å². The minimum absolute atomic E-state index is 0.0119. The number of esters is 2. The first-order valence-electron chi connectivity index (χ1n) is 21.0. The lowest BCUT2D eigenvalue weighted by Gasteiger charge is -2.20. The Morgan fingerprint density at radius 2 is 0.900 bits per heavy atom. The highest BCUT2D eigenvalue weighted by Gasteiger charge is 2.26. The van der Waals surface area contributed by atoms with Gasteiger partial charge in [-0.1, -0.05) is 181 Å². The number of carbonyl (C=O) groups excluding carboxylic acids is 2. The van der Waals surface area contributed by atoms with E-state index in [1.165, 1.54) is 141 Å². The number of likely N-dealkylation sites (N-methyl/N-ethyl adjacent to an activating group) is 1. The van der Waals surface area contributed by atoms with Gasteiger partial charge < -0.3 is 19.7 Å². The summed E-state index contributed by atoms with van der Waals surface area (Å²) in [4.78, 5) is 35.0. The Morgan fingerprint density at radius 3 is 1.28 bits per heavy atom.